The summed E-state index contributed by atoms with van der Waals surface area (Å²) in [4.78, 5) is 9.04. The molecule has 0 atom stereocenters. The van der Waals surface area contributed by atoms with Gasteiger partial charge in [-0.2, -0.15) is 0 Å². The van der Waals surface area contributed by atoms with E-state index in [1.54, 1.807) is 7.05 Å². The van der Waals surface area contributed by atoms with E-state index < -0.39 is 4.92 Å². The van der Waals surface area contributed by atoms with Gasteiger partial charge in [0.15, 0.2) is 0 Å². The molecule has 0 fully saturated rings. The van der Waals surface area contributed by atoms with Crippen LogP contribution in [0.5, 0.6) is 0 Å². The molecule has 0 amide bonds. The van der Waals surface area contributed by atoms with Crippen LogP contribution in [-0.4, -0.2) is 12.0 Å². The molecule has 0 rings (SSSR count). The molecule has 1 N–H and O–H groups in total. The van der Waals surface area contributed by atoms with E-state index in [1.807, 2.05) is 0 Å². The average Bonchev–Trinajstić information content (AvgIpc) is 1.65. The molecule has 0 saturated carbocycles. The van der Waals surface area contributed by atoms with Crippen molar-refractivity contribution < 1.29 is 4.92 Å². The van der Waals surface area contributed by atoms with E-state index >= 15 is 0 Å². The van der Waals surface area contributed by atoms with E-state index in [0.717, 1.165) is 6.20 Å². The minimum Gasteiger partial charge on any atom is -0.378 e. The van der Waals surface area contributed by atoms with Crippen LogP contribution in [0.2, 0.25) is 0 Å². The highest BCUT2D eigenvalue weighted by molar-refractivity contribution is 7.84. The summed E-state index contributed by atoms with van der Waals surface area (Å²) in [5, 5.41) is 12.3. The summed E-state index contributed by atoms with van der Waals surface area (Å²) in [6.07, 6.45) is 0.781. The first-order valence-electron chi connectivity index (χ1n) is 1.89. The maximum Gasteiger partial charge on any atom is 0.263 e. The van der Waals surface area contributed by atoms with E-state index in [9.17, 15) is 10.1 Å². The Morgan fingerprint density at radius 3 is 2.62 bits per heavy atom. The zero-order chi connectivity index (χ0) is 6.57. The van der Waals surface area contributed by atoms with Crippen LogP contribution >= 0.6 is 12.6 Å². The Hall–Kier alpha value is -0.710. The van der Waals surface area contributed by atoms with Gasteiger partial charge in [-0.1, -0.05) is 0 Å². The average molecular weight is 134 g/mol. The van der Waals surface area contributed by atoms with Gasteiger partial charge in [0.05, 0.1) is 4.92 Å². The predicted molar refractivity (Wildman–Crippen MR) is 33.1 cm³/mol. The Bertz CT molecular complexity index is 122. The van der Waals surface area contributed by atoms with Crippen LogP contribution in [0.1, 0.15) is 0 Å². The van der Waals surface area contributed by atoms with Crippen LogP contribution in [0.3, 0.4) is 0 Å². The third-order valence-electron chi connectivity index (χ3n) is 0.484. The molecule has 0 heterocycles. The van der Waals surface area contributed by atoms with Crippen molar-refractivity contribution in [2.45, 2.75) is 0 Å². The minimum atomic E-state index is -0.571. The lowest BCUT2D eigenvalue weighted by Crippen LogP contribution is -2.01. The minimum absolute atomic E-state index is 0.245. The molecule has 0 radical (unpaired) electrons. The predicted octanol–water partition coefficient (Wildman–Crippen LogP) is 0.211. The number of nitrogens with zero attached hydrogens (tertiary/aromatic N) is 1. The Morgan fingerprint density at radius 2 is 2.50 bits per heavy atom. The van der Waals surface area contributed by atoms with Crippen LogP contribution in [-0.2, 0) is 0 Å². The van der Waals surface area contributed by atoms with Crippen LogP contribution in [0.25, 0.3) is 0 Å². The molecule has 0 saturated heterocycles. The number of thiol groups is 1. The SMILES string of the molecule is CNC(S)=C[N+](=O)[O-]. The van der Waals surface area contributed by atoms with Gasteiger partial charge in [-0.25, -0.2) is 0 Å². The zero-order valence-corrected chi connectivity index (χ0v) is 5.18. The van der Waals surface area contributed by atoms with Crippen molar-refractivity contribution in [3.05, 3.63) is 21.3 Å². The van der Waals surface area contributed by atoms with Crippen molar-refractivity contribution in [1.29, 1.82) is 0 Å². The number of nitro groups is 1. The van der Waals surface area contributed by atoms with Gasteiger partial charge in [0.1, 0.15) is 5.03 Å². The summed E-state index contributed by atoms with van der Waals surface area (Å²) < 4.78 is 0. The highest BCUT2D eigenvalue weighted by Gasteiger charge is 1.89. The quantitative estimate of drug-likeness (QED) is 0.322. The molecule has 5 heteroatoms. The van der Waals surface area contributed by atoms with Gasteiger partial charge in [0.2, 0.25) is 0 Å². The largest absolute Gasteiger partial charge is 0.378 e. The van der Waals surface area contributed by atoms with Crippen molar-refractivity contribution in [2.75, 3.05) is 7.05 Å². The van der Waals surface area contributed by atoms with Gasteiger partial charge in [-0.05, 0) is 0 Å². The molecule has 0 unspecified atom stereocenters. The molecule has 0 aromatic rings. The lowest BCUT2D eigenvalue weighted by atomic mass is 10.9. The second-order valence-corrected chi connectivity index (χ2v) is 1.53. The fourth-order valence-electron chi connectivity index (χ4n) is 0.164. The highest BCUT2D eigenvalue weighted by atomic mass is 32.1. The molecule has 0 aliphatic carbocycles. The van der Waals surface area contributed by atoms with E-state index in [-0.39, 0.29) is 5.03 Å². The Morgan fingerprint density at radius 1 is 2.00 bits per heavy atom. The van der Waals surface area contributed by atoms with E-state index in [4.69, 9.17) is 0 Å². The molecule has 0 aromatic heterocycles. The van der Waals surface area contributed by atoms with E-state index in [1.165, 1.54) is 0 Å². The molecule has 8 heavy (non-hydrogen) atoms. The third-order valence-corrected chi connectivity index (χ3v) is 0.823. The van der Waals surface area contributed by atoms with Gasteiger partial charge in [-0.15, -0.1) is 12.6 Å². The first kappa shape index (κ1) is 7.29. The molecule has 0 aliphatic heterocycles. The fraction of sp³-hybridized carbons (Fsp3) is 0.333. The Balaban J connectivity index is 3.75. The fourth-order valence-corrected chi connectivity index (χ4v) is 0.259. The first-order chi connectivity index (χ1) is 3.66. The lowest BCUT2D eigenvalue weighted by Gasteiger charge is -1.88. The van der Waals surface area contributed by atoms with Gasteiger partial charge in [0, 0.05) is 7.05 Å². The maximum atomic E-state index is 9.61. The van der Waals surface area contributed by atoms with Gasteiger partial charge in [0.25, 0.3) is 6.20 Å². The second kappa shape index (κ2) is 3.31. The van der Waals surface area contributed by atoms with E-state index in [2.05, 4.69) is 17.9 Å². The number of nitrogens with one attached hydrogen (secondary N) is 1. The first-order valence-corrected chi connectivity index (χ1v) is 2.33. The molecule has 0 bridgehead atoms. The van der Waals surface area contributed by atoms with Crippen LogP contribution in [0, 0.1) is 10.1 Å². The lowest BCUT2D eigenvalue weighted by molar-refractivity contribution is -0.403. The van der Waals surface area contributed by atoms with Gasteiger partial charge in [-0.3, -0.25) is 10.1 Å². The topological polar surface area (TPSA) is 55.2 Å². The Kier molecular flexibility index (Phi) is 3.02. The van der Waals surface area contributed by atoms with Crippen LogP contribution < -0.4 is 5.32 Å². The maximum absolute atomic E-state index is 9.61. The van der Waals surface area contributed by atoms with Crippen molar-refractivity contribution >= 4 is 12.6 Å². The molecule has 0 aromatic carbocycles. The van der Waals surface area contributed by atoms with Gasteiger partial charge < -0.3 is 5.32 Å². The molecule has 46 valence electrons. The van der Waals surface area contributed by atoms with Crippen molar-refractivity contribution in [3.63, 3.8) is 0 Å². The smallest absolute Gasteiger partial charge is 0.263 e. The molecular formula is C3H6N2O2S. The van der Waals surface area contributed by atoms with Gasteiger partial charge >= 0.3 is 0 Å². The number of hydrogen-bond donors (Lipinski definition) is 2. The van der Waals surface area contributed by atoms with Crippen molar-refractivity contribution in [3.8, 4) is 0 Å². The summed E-state index contributed by atoms with van der Waals surface area (Å²) >= 11 is 3.68. The third kappa shape index (κ3) is 3.48. The van der Waals surface area contributed by atoms with Crippen LogP contribution in [0.4, 0.5) is 0 Å². The van der Waals surface area contributed by atoms with Crippen molar-refractivity contribution in [2.24, 2.45) is 0 Å². The van der Waals surface area contributed by atoms with Crippen molar-refractivity contribution in [1.82, 2.24) is 5.32 Å². The molecule has 0 spiro atoms. The molecule has 4 nitrogen and oxygen atoms in total. The monoisotopic (exact) mass is 134 g/mol. The normalized spacial score (nSPS) is 11.0. The summed E-state index contributed by atoms with van der Waals surface area (Å²) in [6.45, 7) is 0. The molecule has 0 aliphatic rings. The van der Waals surface area contributed by atoms with Crippen LogP contribution in [0.15, 0.2) is 11.2 Å². The number of hydrogen-bond acceptors (Lipinski definition) is 4. The summed E-state index contributed by atoms with van der Waals surface area (Å²) in [5.74, 6) is 0. The Labute approximate surface area is 52.1 Å². The summed E-state index contributed by atoms with van der Waals surface area (Å²) in [5.41, 5.74) is 0. The summed E-state index contributed by atoms with van der Waals surface area (Å²) in [6, 6.07) is 0. The summed E-state index contributed by atoms with van der Waals surface area (Å²) in [7, 11) is 1.56. The second-order valence-electron chi connectivity index (χ2n) is 1.05. The standard InChI is InChI=1S/C3H6N2O2S/c1-4-3(8)2-5(6)7/h2,4,8H,1H3. The number of rotatable bonds is 2. The highest BCUT2D eigenvalue weighted by Crippen LogP contribution is 1.90. The zero-order valence-electron chi connectivity index (χ0n) is 4.29. The molecular weight excluding hydrogens is 128 g/mol. The van der Waals surface area contributed by atoms with E-state index in [0.29, 0.717) is 0 Å².